The Hall–Kier alpha value is -4.14. The third-order valence-corrected chi connectivity index (χ3v) is 7.74. The number of ether oxygens (including phenoxy) is 1. The second kappa shape index (κ2) is 12.4. The molecule has 0 radical (unpaired) electrons. The van der Waals surface area contributed by atoms with Crippen LogP contribution in [0.5, 0.6) is 0 Å². The van der Waals surface area contributed by atoms with E-state index >= 15 is 0 Å². The number of benzene rings is 2. The van der Waals surface area contributed by atoms with Crippen molar-refractivity contribution in [2.45, 2.75) is 25.7 Å². The topological polar surface area (TPSA) is 103 Å². The average molecular weight is 538 g/mol. The van der Waals surface area contributed by atoms with E-state index in [2.05, 4.69) is 34.1 Å². The quantitative estimate of drug-likeness (QED) is 0.308. The van der Waals surface area contributed by atoms with Crippen molar-refractivity contribution in [3.63, 3.8) is 0 Å². The Morgan fingerprint density at radius 3 is 2.38 bits per heavy atom. The summed E-state index contributed by atoms with van der Waals surface area (Å²) in [6, 6.07) is 23.7. The van der Waals surface area contributed by atoms with Crippen LogP contribution in [0.15, 0.2) is 79.0 Å². The number of pyridine rings is 1. The Bertz CT molecular complexity index is 1450. The molecule has 5 rings (SSSR count). The highest BCUT2D eigenvalue weighted by atomic mass is 16.5. The monoisotopic (exact) mass is 537 g/mol. The van der Waals surface area contributed by atoms with E-state index in [1.165, 1.54) is 5.56 Å². The summed E-state index contributed by atoms with van der Waals surface area (Å²) in [5.74, 6) is 0.136. The smallest absolute Gasteiger partial charge is 0.267 e. The van der Waals surface area contributed by atoms with Gasteiger partial charge in [0, 0.05) is 57.3 Å². The number of nitrogens with zero attached hydrogens (tertiary/aromatic N) is 4. The maximum Gasteiger partial charge on any atom is 0.267 e. The van der Waals surface area contributed by atoms with Crippen LogP contribution < -0.4 is 5.73 Å². The highest BCUT2D eigenvalue weighted by Crippen LogP contribution is 2.35. The fraction of sp³-hybridized carbons (Fsp3) is 0.312. The Morgan fingerprint density at radius 2 is 1.73 bits per heavy atom. The maximum absolute atomic E-state index is 13.7. The number of aromatic nitrogens is 3. The van der Waals surface area contributed by atoms with Gasteiger partial charge in [-0.15, -0.1) is 0 Å². The number of rotatable bonds is 11. The number of primary amides is 1. The first-order valence-corrected chi connectivity index (χ1v) is 13.6. The number of methoxy groups -OCH3 is 1. The second-order valence-corrected chi connectivity index (χ2v) is 10.4. The van der Waals surface area contributed by atoms with E-state index in [4.69, 9.17) is 15.6 Å². The predicted molar refractivity (Wildman–Crippen MR) is 154 cm³/mol. The van der Waals surface area contributed by atoms with Crippen LogP contribution in [0.3, 0.4) is 0 Å². The number of amides is 1. The number of Topliss-reactive ketones (excluding diaryl/α,β-unsaturated/α-hetero) is 1. The molecule has 0 unspecified atom stereocenters. The molecule has 206 valence electrons. The molecule has 8 nitrogen and oxygen atoms in total. The van der Waals surface area contributed by atoms with Crippen molar-refractivity contribution in [1.29, 1.82) is 0 Å². The van der Waals surface area contributed by atoms with Crippen molar-refractivity contribution in [3.05, 3.63) is 102 Å². The van der Waals surface area contributed by atoms with Crippen molar-refractivity contribution in [2.24, 2.45) is 11.7 Å². The lowest BCUT2D eigenvalue weighted by Crippen LogP contribution is -2.25. The number of carbonyl (C=O) groups is 2. The summed E-state index contributed by atoms with van der Waals surface area (Å²) >= 11 is 0. The molecule has 2 atom stereocenters. The molecule has 0 aliphatic carbocycles. The van der Waals surface area contributed by atoms with Crippen LogP contribution in [0.1, 0.15) is 39.6 Å². The van der Waals surface area contributed by atoms with Gasteiger partial charge in [0.1, 0.15) is 11.5 Å². The first-order chi connectivity index (χ1) is 19.4. The molecule has 8 heteroatoms. The number of hydrogen-bond acceptors (Lipinski definition) is 6. The lowest BCUT2D eigenvalue weighted by Gasteiger charge is -2.18. The second-order valence-electron chi connectivity index (χ2n) is 10.4. The summed E-state index contributed by atoms with van der Waals surface area (Å²) in [4.78, 5) is 31.8. The Kier molecular flexibility index (Phi) is 8.48. The van der Waals surface area contributed by atoms with E-state index in [0.717, 1.165) is 47.8 Å². The zero-order valence-electron chi connectivity index (χ0n) is 23.0. The molecule has 2 aromatic carbocycles. The average Bonchev–Trinajstić information content (AvgIpc) is 3.53. The number of nitrogens with two attached hydrogens (primary N) is 1. The molecule has 1 fully saturated rings. The molecule has 0 spiro atoms. The zero-order valence-corrected chi connectivity index (χ0v) is 23.0. The molecular formula is C32H35N5O3. The summed E-state index contributed by atoms with van der Waals surface area (Å²) in [5.41, 5.74) is 11.0. The van der Waals surface area contributed by atoms with Gasteiger partial charge in [-0.1, -0.05) is 48.5 Å². The molecule has 1 saturated heterocycles. The van der Waals surface area contributed by atoms with Crippen LogP contribution in [0, 0.1) is 12.8 Å². The standard InChI is InChI=1S/C32H35N5O3/c1-22-30(18-27(38)17-25-20-36(15-16-40-2)21-28(25)23-9-5-3-6-10-23)37(26-11-7-4-8-12-26)35-31(22)24-13-14-29(32(33)39)34-19-24/h3-14,19,25,28H,15-18,20-21H2,1-2H3,(H2,33,39)/t25-,28+/m1/s1. The van der Waals surface area contributed by atoms with Gasteiger partial charge >= 0.3 is 0 Å². The minimum Gasteiger partial charge on any atom is -0.383 e. The minimum atomic E-state index is -0.578. The number of carbonyl (C=O) groups excluding carboxylic acids is 2. The molecule has 0 saturated carbocycles. The lowest BCUT2D eigenvalue weighted by molar-refractivity contribution is -0.119. The maximum atomic E-state index is 13.7. The van der Waals surface area contributed by atoms with E-state index in [1.807, 2.05) is 48.0 Å². The summed E-state index contributed by atoms with van der Waals surface area (Å²) < 4.78 is 7.18. The third kappa shape index (κ3) is 6.03. The number of likely N-dealkylation sites (tertiary alicyclic amines) is 1. The van der Waals surface area contributed by atoms with Gasteiger partial charge in [-0.05, 0) is 48.2 Å². The molecule has 40 heavy (non-hydrogen) atoms. The van der Waals surface area contributed by atoms with Crippen molar-refractivity contribution in [3.8, 4) is 16.9 Å². The van der Waals surface area contributed by atoms with E-state index in [0.29, 0.717) is 18.9 Å². The van der Waals surface area contributed by atoms with E-state index in [9.17, 15) is 9.59 Å². The third-order valence-electron chi connectivity index (χ3n) is 7.74. The van der Waals surface area contributed by atoms with Gasteiger partial charge in [0.2, 0.25) is 0 Å². The van der Waals surface area contributed by atoms with Crippen LogP contribution in [0.25, 0.3) is 16.9 Å². The lowest BCUT2D eigenvalue weighted by atomic mass is 9.85. The van der Waals surface area contributed by atoms with Crippen molar-refractivity contribution in [2.75, 3.05) is 33.4 Å². The zero-order chi connectivity index (χ0) is 28.1. The normalized spacial score (nSPS) is 17.2. The minimum absolute atomic E-state index is 0.188. The van der Waals surface area contributed by atoms with Gasteiger partial charge in [0.25, 0.3) is 5.91 Å². The van der Waals surface area contributed by atoms with Crippen LogP contribution >= 0.6 is 0 Å². The Balaban J connectivity index is 1.42. The van der Waals surface area contributed by atoms with Crippen LogP contribution in [-0.4, -0.2) is 64.7 Å². The molecular weight excluding hydrogens is 502 g/mol. The number of ketones is 1. The molecule has 1 aliphatic heterocycles. The summed E-state index contributed by atoms with van der Waals surface area (Å²) in [7, 11) is 1.72. The highest BCUT2D eigenvalue weighted by Gasteiger charge is 2.35. The van der Waals surface area contributed by atoms with Gasteiger partial charge in [0.15, 0.2) is 0 Å². The van der Waals surface area contributed by atoms with Gasteiger partial charge in [0.05, 0.1) is 23.7 Å². The largest absolute Gasteiger partial charge is 0.383 e. The van der Waals surface area contributed by atoms with Crippen LogP contribution in [0.4, 0.5) is 0 Å². The van der Waals surface area contributed by atoms with Gasteiger partial charge in [-0.2, -0.15) is 5.10 Å². The van der Waals surface area contributed by atoms with Gasteiger partial charge in [-0.25, -0.2) is 4.68 Å². The molecule has 2 N–H and O–H groups in total. The molecule has 3 heterocycles. The van der Waals surface area contributed by atoms with Crippen molar-refractivity contribution in [1.82, 2.24) is 19.7 Å². The van der Waals surface area contributed by atoms with E-state index < -0.39 is 5.91 Å². The van der Waals surface area contributed by atoms with E-state index in [-0.39, 0.29) is 23.8 Å². The summed E-state index contributed by atoms with van der Waals surface area (Å²) in [6.07, 6.45) is 2.37. The fourth-order valence-electron chi connectivity index (χ4n) is 5.67. The molecule has 1 aliphatic rings. The highest BCUT2D eigenvalue weighted by molar-refractivity contribution is 5.91. The predicted octanol–water partition coefficient (Wildman–Crippen LogP) is 4.21. The SMILES string of the molecule is COCCN1C[C@@H](CC(=O)Cc2c(C)c(-c3ccc(C(N)=O)nc3)nn2-c2ccccc2)[C@H](c2ccccc2)C1. The Labute approximate surface area is 234 Å². The van der Waals surface area contributed by atoms with Crippen LogP contribution in [0.2, 0.25) is 0 Å². The van der Waals surface area contributed by atoms with E-state index in [1.54, 1.807) is 25.4 Å². The Morgan fingerprint density at radius 1 is 1.00 bits per heavy atom. The fourth-order valence-corrected chi connectivity index (χ4v) is 5.67. The van der Waals surface area contributed by atoms with Gasteiger partial charge < -0.3 is 15.4 Å². The number of para-hydroxylation sites is 1. The summed E-state index contributed by atoms with van der Waals surface area (Å²) in [6.45, 7) is 5.31. The van der Waals surface area contributed by atoms with Crippen LogP contribution in [-0.2, 0) is 16.0 Å². The molecule has 1 amide bonds. The molecule has 2 aromatic heterocycles. The van der Waals surface area contributed by atoms with Crippen molar-refractivity contribution >= 4 is 11.7 Å². The first kappa shape index (κ1) is 27.4. The first-order valence-electron chi connectivity index (χ1n) is 13.6. The molecule has 4 aromatic rings. The molecule has 0 bridgehead atoms. The van der Waals surface area contributed by atoms with Crippen molar-refractivity contribution < 1.29 is 14.3 Å². The number of hydrogen-bond donors (Lipinski definition) is 1. The summed E-state index contributed by atoms with van der Waals surface area (Å²) in [5, 5.41) is 4.90. The van der Waals surface area contributed by atoms with Gasteiger partial charge in [-0.3, -0.25) is 14.6 Å².